The van der Waals surface area contributed by atoms with Gasteiger partial charge in [0.05, 0.1) is 17.1 Å². The molecule has 2 aliphatic rings. The predicted octanol–water partition coefficient (Wildman–Crippen LogP) is 2.98. The molecule has 1 aromatic heterocycles. The maximum Gasteiger partial charge on any atom is 0.190 e. The fraction of sp³-hybridized carbons (Fsp3) is 0.438. The van der Waals surface area contributed by atoms with E-state index in [2.05, 4.69) is 51.8 Å². The number of likely N-dealkylation sites (N-methyl/N-ethyl adjacent to an activating group) is 1. The van der Waals surface area contributed by atoms with Crippen LogP contribution in [-0.2, 0) is 6.54 Å². The molecule has 4 nitrogen and oxygen atoms in total. The van der Waals surface area contributed by atoms with Crippen LogP contribution in [0.3, 0.4) is 0 Å². The minimum atomic E-state index is 0.736. The average Bonchev–Trinajstić information content (AvgIpc) is 3.23. The number of nitrogens with zero attached hydrogens (tertiary/aromatic N) is 3. The van der Waals surface area contributed by atoms with Crippen LogP contribution < -0.4 is 15.1 Å². The summed E-state index contributed by atoms with van der Waals surface area (Å²) in [5.41, 5.74) is 3.72. The van der Waals surface area contributed by atoms with Crippen molar-refractivity contribution in [1.29, 1.82) is 0 Å². The van der Waals surface area contributed by atoms with E-state index in [4.69, 9.17) is 4.98 Å². The van der Waals surface area contributed by atoms with Crippen molar-refractivity contribution in [2.75, 3.05) is 29.9 Å². The van der Waals surface area contributed by atoms with Crippen molar-refractivity contribution < 1.29 is 0 Å². The number of benzene rings is 1. The number of hydrogen-bond acceptors (Lipinski definition) is 5. The first-order valence-corrected chi connectivity index (χ1v) is 8.45. The fourth-order valence-corrected chi connectivity index (χ4v) is 3.61. The van der Waals surface area contributed by atoms with Crippen molar-refractivity contribution in [3.05, 3.63) is 35.3 Å². The Balaban J connectivity index is 1.57. The molecule has 1 aromatic carbocycles. The Hall–Kier alpha value is -1.59. The molecule has 21 heavy (non-hydrogen) atoms. The van der Waals surface area contributed by atoms with E-state index in [0.717, 1.165) is 30.8 Å². The van der Waals surface area contributed by atoms with Gasteiger partial charge in [-0.3, -0.25) is 0 Å². The van der Waals surface area contributed by atoms with E-state index in [9.17, 15) is 0 Å². The average molecular weight is 300 g/mol. The van der Waals surface area contributed by atoms with Gasteiger partial charge in [-0.1, -0.05) is 12.1 Å². The van der Waals surface area contributed by atoms with Crippen molar-refractivity contribution in [2.45, 2.75) is 25.4 Å². The van der Waals surface area contributed by atoms with Crippen LogP contribution in [0.5, 0.6) is 0 Å². The molecule has 0 radical (unpaired) electrons. The van der Waals surface area contributed by atoms with Crippen molar-refractivity contribution in [2.24, 2.45) is 0 Å². The zero-order valence-electron chi connectivity index (χ0n) is 12.2. The molecule has 0 atom stereocenters. The Labute approximate surface area is 129 Å². The molecule has 1 N–H and O–H groups in total. The van der Waals surface area contributed by atoms with Gasteiger partial charge >= 0.3 is 0 Å². The minimum Gasteiger partial charge on any atom is -0.371 e. The van der Waals surface area contributed by atoms with Gasteiger partial charge in [0.25, 0.3) is 0 Å². The Morgan fingerprint density at radius 1 is 1.24 bits per heavy atom. The fourth-order valence-electron chi connectivity index (χ4n) is 2.74. The summed E-state index contributed by atoms with van der Waals surface area (Å²) in [6.07, 6.45) is 2.64. The summed E-state index contributed by atoms with van der Waals surface area (Å²) in [7, 11) is 2.16. The van der Waals surface area contributed by atoms with Gasteiger partial charge in [0.15, 0.2) is 5.13 Å². The molecule has 1 saturated carbocycles. The lowest BCUT2D eigenvalue weighted by Crippen LogP contribution is -2.36. The van der Waals surface area contributed by atoms with E-state index in [0.29, 0.717) is 0 Å². The normalized spacial score (nSPS) is 18.0. The molecule has 2 heterocycles. The monoisotopic (exact) mass is 300 g/mol. The second-order valence-corrected chi connectivity index (χ2v) is 6.68. The molecule has 0 bridgehead atoms. The zero-order valence-corrected chi connectivity index (χ0v) is 13.1. The van der Waals surface area contributed by atoms with Crippen LogP contribution >= 0.6 is 11.3 Å². The maximum absolute atomic E-state index is 4.82. The number of anilines is 3. The van der Waals surface area contributed by atoms with Gasteiger partial charge in [-0.2, -0.15) is 0 Å². The second kappa shape index (κ2) is 5.31. The van der Waals surface area contributed by atoms with E-state index in [-0.39, 0.29) is 0 Å². The van der Waals surface area contributed by atoms with Gasteiger partial charge in [0, 0.05) is 38.1 Å². The Morgan fingerprint density at radius 3 is 2.86 bits per heavy atom. The highest BCUT2D eigenvalue weighted by molar-refractivity contribution is 7.13. The molecule has 0 saturated heterocycles. The Bertz CT molecular complexity index is 635. The zero-order chi connectivity index (χ0) is 14.2. The van der Waals surface area contributed by atoms with Crippen LogP contribution in [0.4, 0.5) is 16.5 Å². The summed E-state index contributed by atoms with van der Waals surface area (Å²) in [4.78, 5) is 9.48. The summed E-state index contributed by atoms with van der Waals surface area (Å²) < 4.78 is 0. The summed E-state index contributed by atoms with van der Waals surface area (Å²) in [5.74, 6) is 0. The van der Waals surface area contributed by atoms with Crippen LogP contribution in [0.15, 0.2) is 29.6 Å². The molecule has 1 fully saturated rings. The summed E-state index contributed by atoms with van der Waals surface area (Å²) >= 11 is 1.75. The van der Waals surface area contributed by atoms with Gasteiger partial charge in [0.2, 0.25) is 0 Å². The number of rotatable bonds is 4. The minimum absolute atomic E-state index is 0.736. The number of thiazole rings is 1. The Kier molecular flexibility index (Phi) is 3.31. The third-order valence-electron chi connectivity index (χ3n) is 4.16. The lowest BCUT2D eigenvalue weighted by Gasteiger charge is -2.35. The smallest absolute Gasteiger partial charge is 0.190 e. The largest absolute Gasteiger partial charge is 0.371 e. The third kappa shape index (κ3) is 2.63. The van der Waals surface area contributed by atoms with Gasteiger partial charge < -0.3 is 15.1 Å². The molecule has 0 spiro atoms. The summed E-state index contributed by atoms with van der Waals surface area (Å²) in [6.45, 7) is 2.93. The first kappa shape index (κ1) is 13.1. The summed E-state index contributed by atoms with van der Waals surface area (Å²) in [5, 5.41) is 6.83. The molecule has 1 aliphatic heterocycles. The van der Waals surface area contributed by atoms with E-state index in [1.165, 1.54) is 29.9 Å². The molecule has 5 heteroatoms. The molecule has 2 aromatic rings. The van der Waals surface area contributed by atoms with E-state index in [1.54, 1.807) is 11.3 Å². The second-order valence-electron chi connectivity index (χ2n) is 5.84. The molecule has 0 unspecified atom stereocenters. The first-order chi connectivity index (χ1) is 10.3. The highest BCUT2D eigenvalue weighted by Gasteiger charge is 2.24. The maximum atomic E-state index is 4.82. The van der Waals surface area contributed by atoms with Crippen molar-refractivity contribution in [1.82, 2.24) is 10.3 Å². The van der Waals surface area contributed by atoms with Gasteiger partial charge in [0.1, 0.15) is 0 Å². The third-order valence-corrected chi connectivity index (χ3v) is 5.07. The molecule has 0 amide bonds. The lowest BCUT2D eigenvalue weighted by molar-refractivity contribution is 0.676. The molecule has 110 valence electrons. The standard InChI is InChI=1S/C16H20N4S/c1-19-8-9-20(15-5-3-2-4-14(15)19)16-18-13(11-21-16)10-17-12-6-7-12/h2-5,11-12,17H,6-10H2,1H3. The van der Waals surface area contributed by atoms with Crippen LogP contribution in [0, 0.1) is 0 Å². The van der Waals surface area contributed by atoms with E-state index < -0.39 is 0 Å². The van der Waals surface area contributed by atoms with Crippen molar-refractivity contribution >= 4 is 27.8 Å². The summed E-state index contributed by atoms with van der Waals surface area (Å²) in [6, 6.07) is 9.32. The Morgan fingerprint density at radius 2 is 2.05 bits per heavy atom. The molecule has 1 aliphatic carbocycles. The molecular formula is C16H20N4S. The highest BCUT2D eigenvalue weighted by Crippen LogP contribution is 2.37. The van der Waals surface area contributed by atoms with Crippen molar-refractivity contribution in [3.63, 3.8) is 0 Å². The molecule has 4 rings (SSSR count). The van der Waals surface area contributed by atoms with E-state index >= 15 is 0 Å². The van der Waals surface area contributed by atoms with Crippen LogP contribution in [-0.4, -0.2) is 31.2 Å². The first-order valence-electron chi connectivity index (χ1n) is 7.57. The van der Waals surface area contributed by atoms with Crippen molar-refractivity contribution in [3.8, 4) is 0 Å². The van der Waals surface area contributed by atoms with Crippen LogP contribution in [0.1, 0.15) is 18.5 Å². The topological polar surface area (TPSA) is 31.4 Å². The predicted molar refractivity (Wildman–Crippen MR) is 88.7 cm³/mol. The number of para-hydroxylation sites is 2. The number of fused-ring (bicyclic) bond motifs is 1. The number of aromatic nitrogens is 1. The number of nitrogens with one attached hydrogen (secondary N) is 1. The lowest BCUT2D eigenvalue weighted by atomic mass is 10.2. The van der Waals surface area contributed by atoms with Gasteiger partial charge in [-0.25, -0.2) is 4.98 Å². The highest BCUT2D eigenvalue weighted by atomic mass is 32.1. The van der Waals surface area contributed by atoms with Gasteiger partial charge in [-0.05, 0) is 25.0 Å². The SMILES string of the molecule is CN1CCN(c2nc(CNC3CC3)cs2)c2ccccc21. The van der Waals surface area contributed by atoms with Crippen LogP contribution in [0.2, 0.25) is 0 Å². The van der Waals surface area contributed by atoms with Crippen LogP contribution in [0.25, 0.3) is 0 Å². The molecular weight excluding hydrogens is 280 g/mol. The van der Waals surface area contributed by atoms with Gasteiger partial charge in [-0.15, -0.1) is 11.3 Å². The quantitative estimate of drug-likeness (QED) is 0.940. The van der Waals surface area contributed by atoms with E-state index in [1.807, 2.05) is 0 Å². The number of hydrogen-bond donors (Lipinski definition) is 1.